The van der Waals surface area contributed by atoms with Gasteiger partial charge in [0, 0.05) is 6.42 Å². The summed E-state index contributed by atoms with van der Waals surface area (Å²) < 4.78 is 50.3. The molecule has 23 heavy (non-hydrogen) atoms. The van der Waals surface area contributed by atoms with Gasteiger partial charge in [0.2, 0.25) is 17.2 Å². The highest BCUT2D eigenvalue weighted by Crippen LogP contribution is 2.25. The van der Waals surface area contributed by atoms with E-state index in [-0.39, 0.29) is 29.3 Å². The van der Waals surface area contributed by atoms with Crippen molar-refractivity contribution in [3.8, 4) is 11.6 Å². The van der Waals surface area contributed by atoms with Gasteiger partial charge in [0.05, 0.1) is 7.11 Å². The highest BCUT2D eigenvalue weighted by atomic mass is 19.4. The Morgan fingerprint density at radius 1 is 1.13 bits per heavy atom. The Morgan fingerprint density at radius 2 is 1.87 bits per heavy atom. The van der Waals surface area contributed by atoms with Crippen molar-refractivity contribution < 1.29 is 27.3 Å². The minimum absolute atomic E-state index is 0.175. The number of rotatable bonds is 4. The lowest BCUT2D eigenvalue weighted by Gasteiger charge is -2.10. The van der Waals surface area contributed by atoms with E-state index in [0.29, 0.717) is 11.3 Å². The Bertz CT molecular complexity index is 835. The lowest BCUT2D eigenvalue weighted by Crippen LogP contribution is -2.17. The maximum Gasteiger partial charge on any atom is 0.573 e. The molecule has 0 saturated carbocycles. The second-order valence-corrected chi connectivity index (χ2v) is 4.46. The van der Waals surface area contributed by atoms with Crippen molar-refractivity contribution in [3.05, 3.63) is 35.5 Å². The van der Waals surface area contributed by atoms with Crippen LogP contribution >= 0.6 is 0 Å². The summed E-state index contributed by atoms with van der Waals surface area (Å²) in [4.78, 5) is 8.26. The van der Waals surface area contributed by atoms with Gasteiger partial charge in [-0.3, -0.25) is 0 Å². The van der Waals surface area contributed by atoms with E-state index >= 15 is 0 Å². The smallest absolute Gasteiger partial charge is 0.480 e. The number of ether oxygens (including phenoxy) is 2. The van der Waals surface area contributed by atoms with Crippen LogP contribution in [0.15, 0.2) is 28.9 Å². The first-order valence-electron chi connectivity index (χ1n) is 6.32. The van der Waals surface area contributed by atoms with Crippen LogP contribution in [-0.2, 0) is 6.42 Å². The largest absolute Gasteiger partial charge is 0.573 e. The van der Waals surface area contributed by atoms with E-state index in [1.807, 2.05) is 0 Å². The normalized spacial score (nSPS) is 11.7. The van der Waals surface area contributed by atoms with Crippen molar-refractivity contribution in [1.29, 1.82) is 0 Å². The zero-order chi connectivity index (χ0) is 16.4. The SMILES string of the molecule is COc1nc2nonc2nc1Cc1cccc(OC(F)(F)F)c1. The predicted molar refractivity (Wildman–Crippen MR) is 69.9 cm³/mol. The molecule has 0 N–H and O–H groups in total. The van der Waals surface area contributed by atoms with Crippen molar-refractivity contribution in [1.82, 2.24) is 20.3 Å². The number of aromatic nitrogens is 4. The Hall–Kier alpha value is -2.91. The summed E-state index contributed by atoms with van der Waals surface area (Å²) in [5.41, 5.74) is 1.29. The van der Waals surface area contributed by atoms with Crippen LogP contribution in [-0.4, -0.2) is 33.8 Å². The number of halogens is 3. The third-order valence-corrected chi connectivity index (χ3v) is 2.85. The zero-order valence-electron chi connectivity index (χ0n) is 11.7. The summed E-state index contributed by atoms with van der Waals surface area (Å²) in [5.74, 6) is -0.124. The average molecular weight is 326 g/mol. The first kappa shape index (κ1) is 15.0. The Kier molecular flexibility index (Phi) is 3.72. The number of fused-ring (bicyclic) bond motifs is 1. The maximum absolute atomic E-state index is 12.3. The Morgan fingerprint density at radius 3 is 2.57 bits per heavy atom. The van der Waals surface area contributed by atoms with Crippen LogP contribution in [0.4, 0.5) is 13.2 Å². The van der Waals surface area contributed by atoms with Crippen molar-refractivity contribution in [2.45, 2.75) is 12.8 Å². The molecule has 10 heteroatoms. The summed E-state index contributed by atoms with van der Waals surface area (Å²) >= 11 is 0. The molecular formula is C13H9F3N4O3. The molecule has 7 nitrogen and oxygen atoms in total. The van der Waals surface area contributed by atoms with Gasteiger partial charge in [-0.2, -0.15) is 4.98 Å². The van der Waals surface area contributed by atoms with Crippen molar-refractivity contribution in [2.24, 2.45) is 0 Å². The predicted octanol–water partition coefficient (Wildman–Crippen LogP) is 2.51. The number of methoxy groups -OCH3 is 1. The van der Waals surface area contributed by atoms with E-state index < -0.39 is 6.36 Å². The molecule has 120 valence electrons. The summed E-state index contributed by atoms with van der Waals surface area (Å²) in [6, 6.07) is 5.56. The summed E-state index contributed by atoms with van der Waals surface area (Å²) in [5, 5.41) is 7.12. The number of hydrogen-bond acceptors (Lipinski definition) is 7. The monoisotopic (exact) mass is 326 g/mol. The summed E-state index contributed by atoms with van der Waals surface area (Å²) in [6.45, 7) is 0. The third-order valence-electron chi connectivity index (χ3n) is 2.85. The van der Waals surface area contributed by atoms with Gasteiger partial charge in [0.1, 0.15) is 11.4 Å². The lowest BCUT2D eigenvalue weighted by molar-refractivity contribution is -0.274. The molecule has 0 fully saturated rings. The topological polar surface area (TPSA) is 83.2 Å². The van der Waals surface area contributed by atoms with E-state index in [4.69, 9.17) is 4.74 Å². The van der Waals surface area contributed by atoms with Crippen LogP contribution < -0.4 is 9.47 Å². The van der Waals surface area contributed by atoms with Crippen LogP contribution in [0.1, 0.15) is 11.3 Å². The quantitative estimate of drug-likeness (QED) is 0.728. The molecule has 1 aromatic carbocycles. The third kappa shape index (κ3) is 3.47. The number of alkyl halides is 3. The standard InChI is InChI=1S/C13H9F3N4O3/c1-21-12-9(17-10-11(18-12)20-23-19-10)6-7-3-2-4-8(5-7)22-13(14,15)16/h2-5H,6H2,1H3. The minimum Gasteiger partial charge on any atom is -0.480 e. The maximum atomic E-state index is 12.3. The van der Waals surface area contributed by atoms with Crippen molar-refractivity contribution in [2.75, 3.05) is 7.11 Å². The van der Waals surface area contributed by atoms with E-state index in [1.54, 1.807) is 6.07 Å². The highest BCUT2D eigenvalue weighted by molar-refractivity contribution is 5.64. The molecule has 0 aliphatic heterocycles. The molecule has 0 bridgehead atoms. The van der Waals surface area contributed by atoms with E-state index in [2.05, 4.69) is 29.6 Å². The van der Waals surface area contributed by atoms with Gasteiger partial charge in [-0.05, 0) is 28.0 Å². The molecule has 0 spiro atoms. The molecule has 3 rings (SSSR count). The first-order valence-corrected chi connectivity index (χ1v) is 6.32. The van der Waals surface area contributed by atoms with Gasteiger partial charge in [0.15, 0.2) is 0 Å². The fourth-order valence-electron chi connectivity index (χ4n) is 1.98. The molecule has 0 atom stereocenters. The van der Waals surface area contributed by atoms with Gasteiger partial charge in [-0.25, -0.2) is 9.61 Å². The van der Waals surface area contributed by atoms with Gasteiger partial charge >= 0.3 is 6.36 Å². The minimum atomic E-state index is -4.75. The van der Waals surface area contributed by atoms with Crippen LogP contribution in [0.5, 0.6) is 11.6 Å². The number of benzene rings is 1. The van der Waals surface area contributed by atoms with E-state index in [1.165, 1.54) is 25.3 Å². The number of hydrogen-bond donors (Lipinski definition) is 0. The lowest BCUT2D eigenvalue weighted by atomic mass is 10.1. The fourth-order valence-corrected chi connectivity index (χ4v) is 1.98. The van der Waals surface area contributed by atoms with Gasteiger partial charge < -0.3 is 9.47 Å². The molecule has 0 unspecified atom stereocenters. The van der Waals surface area contributed by atoms with Crippen LogP contribution in [0.2, 0.25) is 0 Å². The fraction of sp³-hybridized carbons (Fsp3) is 0.231. The zero-order valence-corrected chi connectivity index (χ0v) is 11.7. The molecule has 2 aromatic heterocycles. The second-order valence-electron chi connectivity index (χ2n) is 4.46. The molecule has 3 aromatic rings. The van der Waals surface area contributed by atoms with Crippen LogP contribution in [0.3, 0.4) is 0 Å². The Balaban J connectivity index is 1.91. The van der Waals surface area contributed by atoms with Crippen molar-refractivity contribution in [3.63, 3.8) is 0 Å². The van der Waals surface area contributed by atoms with Crippen LogP contribution in [0.25, 0.3) is 11.3 Å². The molecule has 0 amide bonds. The molecule has 0 saturated heterocycles. The average Bonchev–Trinajstić information content (AvgIpc) is 2.92. The van der Waals surface area contributed by atoms with Gasteiger partial charge in [0.25, 0.3) is 0 Å². The summed E-state index contributed by atoms with van der Waals surface area (Å²) in [7, 11) is 1.40. The second kappa shape index (κ2) is 5.71. The molecule has 0 aliphatic rings. The Labute approximate surface area is 127 Å². The van der Waals surface area contributed by atoms with E-state index in [9.17, 15) is 13.2 Å². The summed E-state index contributed by atoms with van der Waals surface area (Å²) in [6.07, 6.45) is -4.57. The molecular weight excluding hydrogens is 317 g/mol. The van der Waals surface area contributed by atoms with Crippen molar-refractivity contribution >= 4 is 11.3 Å². The van der Waals surface area contributed by atoms with E-state index in [0.717, 1.165) is 0 Å². The molecule has 2 heterocycles. The molecule has 0 radical (unpaired) electrons. The highest BCUT2D eigenvalue weighted by Gasteiger charge is 2.31. The number of nitrogens with zero attached hydrogens (tertiary/aromatic N) is 4. The van der Waals surface area contributed by atoms with Gasteiger partial charge in [-0.1, -0.05) is 12.1 Å². The molecule has 0 aliphatic carbocycles. The van der Waals surface area contributed by atoms with Gasteiger partial charge in [-0.15, -0.1) is 13.2 Å². The van der Waals surface area contributed by atoms with Crippen LogP contribution in [0, 0.1) is 0 Å². The first-order chi connectivity index (χ1) is 10.9.